The highest BCUT2D eigenvalue weighted by molar-refractivity contribution is 5.94. The van der Waals surface area contributed by atoms with Crippen molar-refractivity contribution in [1.82, 2.24) is 9.88 Å². The minimum absolute atomic E-state index is 0.0852. The Kier molecular flexibility index (Phi) is 5.99. The molecule has 2 fully saturated rings. The molecule has 7 heteroatoms. The number of amides is 3. The zero-order chi connectivity index (χ0) is 21.0. The second kappa shape index (κ2) is 8.83. The first-order chi connectivity index (χ1) is 14.6. The second-order valence-corrected chi connectivity index (χ2v) is 8.03. The van der Waals surface area contributed by atoms with E-state index in [1.54, 1.807) is 18.5 Å². The Labute approximate surface area is 176 Å². The molecule has 0 bridgehead atoms. The van der Waals surface area contributed by atoms with Crippen molar-refractivity contribution in [2.45, 2.75) is 50.7 Å². The van der Waals surface area contributed by atoms with Crippen molar-refractivity contribution in [2.75, 3.05) is 23.7 Å². The third-order valence-electron chi connectivity index (χ3n) is 6.05. The highest BCUT2D eigenvalue weighted by Gasteiger charge is 2.45. The summed E-state index contributed by atoms with van der Waals surface area (Å²) >= 11 is 0. The van der Waals surface area contributed by atoms with Gasteiger partial charge in [0.2, 0.25) is 0 Å². The maximum absolute atomic E-state index is 12.6. The monoisotopic (exact) mass is 408 g/mol. The number of nitrogens with zero attached hydrogens (tertiary/aromatic N) is 2. The first-order valence-electron chi connectivity index (χ1n) is 10.6. The van der Waals surface area contributed by atoms with E-state index < -0.39 is 6.10 Å². The van der Waals surface area contributed by atoms with Gasteiger partial charge in [-0.25, -0.2) is 4.79 Å². The van der Waals surface area contributed by atoms with E-state index in [4.69, 9.17) is 4.74 Å². The SMILES string of the molecule is CCc1ccc(NC(=O)N2CCC3(CC[C@H](C(=O)Nc4cccnc4)O3)CC2)cc1. The van der Waals surface area contributed by atoms with Crippen molar-refractivity contribution >= 4 is 23.3 Å². The fraction of sp³-hybridized carbons (Fsp3) is 0.435. The zero-order valence-electron chi connectivity index (χ0n) is 17.3. The lowest BCUT2D eigenvalue weighted by Gasteiger charge is -2.39. The van der Waals surface area contributed by atoms with Crippen molar-refractivity contribution in [3.05, 3.63) is 54.4 Å². The summed E-state index contributed by atoms with van der Waals surface area (Å²) in [4.78, 5) is 31.0. The van der Waals surface area contributed by atoms with E-state index in [1.165, 1.54) is 5.56 Å². The number of hydrogen-bond acceptors (Lipinski definition) is 4. The highest BCUT2D eigenvalue weighted by Crippen LogP contribution is 2.39. The number of pyridine rings is 1. The molecule has 4 rings (SSSR count). The number of likely N-dealkylation sites (tertiary alicyclic amines) is 1. The molecule has 2 saturated heterocycles. The predicted octanol–water partition coefficient (Wildman–Crippen LogP) is 3.83. The molecule has 1 aromatic carbocycles. The lowest BCUT2D eigenvalue weighted by molar-refractivity contribution is -0.134. The lowest BCUT2D eigenvalue weighted by atomic mass is 9.88. The summed E-state index contributed by atoms with van der Waals surface area (Å²) < 4.78 is 6.20. The summed E-state index contributed by atoms with van der Waals surface area (Å²) in [7, 11) is 0. The largest absolute Gasteiger partial charge is 0.362 e. The number of nitrogens with one attached hydrogen (secondary N) is 2. The summed E-state index contributed by atoms with van der Waals surface area (Å²) in [6, 6.07) is 11.4. The molecular formula is C23H28N4O3. The van der Waals surface area contributed by atoms with Crippen LogP contribution in [-0.2, 0) is 16.0 Å². The Bertz CT molecular complexity index is 877. The van der Waals surface area contributed by atoms with Crippen molar-refractivity contribution in [1.29, 1.82) is 0 Å². The Morgan fingerprint density at radius 2 is 1.87 bits per heavy atom. The molecule has 3 amide bonds. The van der Waals surface area contributed by atoms with Gasteiger partial charge in [-0.1, -0.05) is 19.1 Å². The number of rotatable bonds is 4. The maximum Gasteiger partial charge on any atom is 0.321 e. The molecule has 30 heavy (non-hydrogen) atoms. The van der Waals surface area contributed by atoms with Crippen LogP contribution in [0.5, 0.6) is 0 Å². The van der Waals surface area contributed by atoms with Gasteiger partial charge in [-0.15, -0.1) is 0 Å². The van der Waals surface area contributed by atoms with Gasteiger partial charge in [-0.3, -0.25) is 9.78 Å². The Morgan fingerprint density at radius 3 is 2.53 bits per heavy atom. The van der Waals surface area contributed by atoms with E-state index in [-0.39, 0.29) is 17.5 Å². The van der Waals surface area contributed by atoms with Crippen LogP contribution in [0.4, 0.5) is 16.2 Å². The molecule has 0 aliphatic carbocycles. The summed E-state index contributed by atoms with van der Waals surface area (Å²) in [5, 5.41) is 5.84. The number of carbonyl (C=O) groups excluding carboxylic acids is 2. The van der Waals surface area contributed by atoms with Crippen molar-refractivity contribution < 1.29 is 14.3 Å². The second-order valence-electron chi connectivity index (χ2n) is 8.03. The molecule has 2 N–H and O–H groups in total. The normalized spacial score (nSPS) is 20.2. The molecule has 0 saturated carbocycles. The van der Waals surface area contributed by atoms with E-state index in [9.17, 15) is 9.59 Å². The van der Waals surface area contributed by atoms with Crippen LogP contribution in [-0.4, -0.2) is 46.6 Å². The first-order valence-corrected chi connectivity index (χ1v) is 10.6. The average Bonchev–Trinajstić information content (AvgIpc) is 3.19. The summed E-state index contributed by atoms with van der Waals surface area (Å²) in [5.74, 6) is -0.129. The molecule has 2 aliphatic rings. The van der Waals surface area contributed by atoms with Crippen LogP contribution >= 0.6 is 0 Å². The number of benzene rings is 1. The van der Waals surface area contributed by atoms with Crippen molar-refractivity contribution in [3.8, 4) is 0 Å². The molecule has 1 atom stereocenters. The van der Waals surface area contributed by atoms with Crippen LogP contribution in [0.1, 0.15) is 38.2 Å². The molecule has 1 aromatic heterocycles. The Morgan fingerprint density at radius 1 is 1.10 bits per heavy atom. The number of anilines is 2. The van der Waals surface area contributed by atoms with Gasteiger partial charge >= 0.3 is 6.03 Å². The first kappa shape index (κ1) is 20.3. The van der Waals surface area contributed by atoms with Crippen LogP contribution < -0.4 is 10.6 Å². The van der Waals surface area contributed by atoms with Gasteiger partial charge < -0.3 is 20.3 Å². The van der Waals surface area contributed by atoms with Crippen LogP contribution in [0.3, 0.4) is 0 Å². The van der Waals surface area contributed by atoms with Gasteiger partial charge in [0, 0.05) is 25.0 Å². The molecule has 0 unspecified atom stereocenters. The molecule has 2 aliphatic heterocycles. The Balaban J connectivity index is 1.27. The van der Waals surface area contributed by atoms with E-state index in [2.05, 4.69) is 22.5 Å². The van der Waals surface area contributed by atoms with Crippen LogP contribution in [0.2, 0.25) is 0 Å². The molecule has 2 aromatic rings. The predicted molar refractivity (Wildman–Crippen MR) is 115 cm³/mol. The molecule has 0 radical (unpaired) electrons. The van der Waals surface area contributed by atoms with Gasteiger partial charge in [0.1, 0.15) is 6.10 Å². The van der Waals surface area contributed by atoms with Crippen LogP contribution in [0.25, 0.3) is 0 Å². The van der Waals surface area contributed by atoms with Gasteiger partial charge in [-0.05, 0) is 61.9 Å². The van der Waals surface area contributed by atoms with Gasteiger partial charge in [0.25, 0.3) is 5.91 Å². The van der Waals surface area contributed by atoms with Crippen LogP contribution in [0, 0.1) is 0 Å². The summed E-state index contributed by atoms with van der Waals surface area (Å²) in [6.45, 7) is 3.35. The molecule has 3 heterocycles. The minimum atomic E-state index is -0.456. The zero-order valence-corrected chi connectivity index (χ0v) is 17.3. The average molecular weight is 409 g/mol. The summed E-state index contributed by atoms with van der Waals surface area (Å²) in [5.41, 5.74) is 2.41. The smallest absolute Gasteiger partial charge is 0.321 e. The maximum atomic E-state index is 12.6. The summed E-state index contributed by atoms with van der Waals surface area (Å²) in [6.07, 6.45) is 6.83. The van der Waals surface area contributed by atoms with Gasteiger partial charge in [0.15, 0.2) is 0 Å². The van der Waals surface area contributed by atoms with E-state index in [0.717, 1.165) is 31.4 Å². The highest BCUT2D eigenvalue weighted by atomic mass is 16.5. The standard InChI is InChI=1S/C23H28N4O3/c1-2-17-5-7-18(8-6-17)26-22(29)27-14-11-23(12-15-27)10-9-20(30-23)21(28)25-19-4-3-13-24-16-19/h3-8,13,16,20H,2,9-12,14-15H2,1H3,(H,25,28)(H,26,29)/t20-/m1/s1. The van der Waals surface area contributed by atoms with Gasteiger partial charge in [0.05, 0.1) is 17.5 Å². The van der Waals surface area contributed by atoms with E-state index >= 15 is 0 Å². The Hall–Kier alpha value is -2.93. The third kappa shape index (κ3) is 4.62. The number of urea groups is 1. The van der Waals surface area contributed by atoms with Crippen molar-refractivity contribution in [2.24, 2.45) is 0 Å². The van der Waals surface area contributed by atoms with Gasteiger partial charge in [-0.2, -0.15) is 0 Å². The molecule has 1 spiro atoms. The fourth-order valence-corrected chi connectivity index (χ4v) is 4.17. The molecule has 158 valence electrons. The molecular weight excluding hydrogens is 380 g/mol. The van der Waals surface area contributed by atoms with Crippen LogP contribution in [0.15, 0.2) is 48.8 Å². The number of carbonyl (C=O) groups is 2. The van der Waals surface area contributed by atoms with E-state index in [1.807, 2.05) is 35.2 Å². The number of hydrogen-bond donors (Lipinski definition) is 2. The quantitative estimate of drug-likeness (QED) is 0.805. The fourth-order valence-electron chi connectivity index (χ4n) is 4.17. The number of piperidine rings is 1. The third-order valence-corrected chi connectivity index (χ3v) is 6.05. The number of aryl methyl sites for hydroxylation is 1. The van der Waals surface area contributed by atoms with E-state index in [0.29, 0.717) is 25.2 Å². The van der Waals surface area contributed by atoms with Crippen molar-refractivity contribution in [3.63, 3.8) is 0 Å². The number of aromatic nitrogens is 1. The topological polar surface area (TPSA) is 83.6 Å². The minimum Gasteiger partial charge on any atom is -0.362 e. The number of ether oxygens (including phenoxy) is 1. The lowest BCUT2D eigenvalue weighted by Crippen LogP contribution is -2.48. The molecule has 7 nitrogen and oxygen atoms in total.